The van der Waals surface area contributed by atoms with Crippen LogP contribution in [0, 0.1) is 5.41 Å². The Bertz CT molecular complexity index is 745. The predicted octanol–water partition coefficient (Wildman–Crippen LogP) is 3.60. The average molecular weight is 349 g/mol. The Morgan fingerprint density at radius 2 is 1.65 bits per heavy atom. The van der Waals surface area contributed by atoms with Gasteiger partial charge in [-0.15, -0.1) is 0 Å². The van der Waals surface area contributed by atoms with Gasteiger partial charge in [-0.25, -0.2) is 0 Å². The van der Waals surface area contributed by atoms with Gasteiger partial charge in [0.1, 0.15) is 0 Å². The van der Waals surface area contributed by atoms with Crippen molar-refractivity contribution in [3.63, 3.8) is 0 Å². The molecule has 3 nitrogen and oxygen atoms in total. The maximum Gasteiger partial charge on any atom is 0.223 e. The molecular formula is C23H27NO2. The first-order valence-corrected chi connectivity index (χ1v) is 9.72. The normalized spacial score (nSPS) is 27.0. The van der Waals surface area contributed by atoms with Crippen molar-refractivity contribution in [2.24, 2.45) is 5.41 Å². The number of hydrogen-bond acceptors (Lipinski definition) is 2. The van der Waals surface area contributed by atoms with Crippen LogP contribution in [0.1, 0.15) is 36.8 Å². The zero-order valence-electron chi connectivity index (χ0n) is 15.2. The summed E-state index contributed by atoms with van der Waals surface area (Å²) in [6.45, 7) is 0.158. The molecule has 0 unspecified atom stereocenters. The number of aliphatic hydroxyl groups excluding tert-OH is 1. The van der Waals surface area contributed by atoms with Crippen LogP contribution in [-0.2, 0) is 17.6 Å². The third-order valence-corrected chi connectivity index (χ3v) is 6.32. The largest absolute Gasteiger partial charge is 0.396 e. The summed E-state index contributed by atoms with van der Waals surface area (Å²) >= 11 is 0. The molecule has 2 bridgehead atoms. The first-order valence-electron chi connectivity index (χ1n) is 9.72. The van der Waals surface area contributed by atoms with Gasteiger partial charge in [0.15, 0.2) is 0 Å². The van der Waals surface area contributed by atoms with E-state index in [2.05, 4.69) is 41.3 Å². The molecule has 2 heterocycles. The minimum absolute atomic E-state index is 0.158. The Kier molecular flexibility index (Phi) is 4.82. The molecule has 2 aliphatic rings. The Morgan fingerprint density at radius 3 is 2.31 bits per heavy atom. The van der Waals surface area contributed by atoms with Gasteiger partial charge < -0.3 is 10.0 Å². The van der Waals surface area contributed by atoms with Gasteiger partial charge in [0.25, 0.3) is 0 Å². The standard InChI is InChI=1S/C23H27NO2/c25-17-23(15-19-9-5-2-6-10-19)16-20-12-13-21(23)24(20)22(26)14-11-18-7-3-1-4-8-18/h1-10,20-21,25H,11-17H2/t20-,21+,23-/m0/s1. The molecular weight excluding hydrogens is 322 g/mol. The van der Waals surface area contributed by atoms with Crippen LogP contribution < -0.4 is 0 Å². The van der Waals surface area contributed by atoms with Crippen molar-refractivity contribution in [2.75, 3.05) is 6.61 Å². The number of benzene rings is 2. The van der Waals surface area contributed by atoms with Crippen LogP contribution in [0.4, 0.5) is 0 Å². The Labute approximate surface area is 155 Å². The maximum absolute atomic E-state index is 13.0. The summed E-state index contributed by atoms with van der Waals surface area (Å²) < 4.78 is 0. The molecule has 0 spiro atoms. The third kappa shape index (κ3) is 3.16. The van der Waals surface area contributed by atoms with E-state index in [9.17, 15) is 9.90 Å². The monoisotopic (exact) mass is 349 g/mol. The molecule has 0 aliphatic carbocycles. The number of aliphatic hydroxyl groups is 1. The van der Waals surface area contributed by atoms with Crippen molar-refractivity contribution < 1.29 is 9.90 Å². The van der Waals surface area contributed by atoms with E-state index < -0.39 is 0 Å². The molecule has 2 fully saturated rings. The number of aryl methyl sites for hydroxylation is 1. The summed E-state index contributed by atoms with van der Waals surface area (Å²) in [5, 5.41) is 10.3. The van der Waals surface area contributed by atoms with Crippen LogP contribution in [0.15, 0.2) is 60.7 Å². The van der Waals surface area contributed by atoms with E-state index in [1.54, 1.807) is 0 Å². The maximum atomic E-state index is 13.0. The lowest BCUT2D eigenvalue weighted by molar-refractivity contribution is -0.133. The van der Waals surface area contributed by atoms with Crippen LogP contribution in [-0.4, -0.2) is 34.6 Å². The molecule has 0 radical (unpaired) electrons. The number of carbonyl (C=O) groups is 1. The first-order chi connectivity index (χ1) is 12.7. The van der Waals surface area contributed by atoms with Crippen molar-refractivity contribution in [3.8, 4) is 0 Å². The molecule has 3 heteroatoms. The van der Waals surface area contributed by atoms with Crippen LogP contribution in [0.2, 0.25) is 0 Å². The second kappa shape index (κ2) is 7.24. The topological polar surface area (TPSA) is 40.5 Å². The van der Waals surface area contributed by atoms with E-state index in [-0.39, 0.29) is 24.0 Å². The summed E-state index contributed by atoms with van der Waals surface area (Å²) in [4.78, 5) is 15.1. The zero-order chi connectivity index (χ0) is 18.0. The van der Waals surface area contributed by atoms with Gasteiger partial charge in [-0.05, 0) is 43.2 Å². The highest BCUT2D eigenvalue weighted by Gasteiger charge is 2.56. The third-order valence-electron chi connectivity index (χ3n) is 6.32. The van der Waals surface area contributed by atoms with Crippen molar-refractivity contribution >= 4 is 5.91 Å². The summed E-state index contributed by atoms with van der Waals surface area (Å²) in [5.74, 6) is 0.254. The molecule has 0 aromatic heterocycles. The molecule has 26 heavy (non-hydrogen) atoms. The molecule has 2 saturated heterocycles. The van der Waals surface area contributed by atoms with Crippen molar-refractivity contribution in [1.29, 1.82) is 0 Å². The number of rotatable bonds is 6. The van der Waals surface area contributed by atoms with E-state index in [0.29, 0.717) is 12.5 Å². The molecule has 3 atom stereocenters. The van der Waals surface area contributed by atoms with Crippen LogP contribution in [0.25, 0.3) is 0 Å². The van der Waals surface area contributed by atoms with Gasteiger partial charge in [0, 0.05) is 23.9 Å². The number of nitrogens with zero attached hydrogens (tertiary/aromatic N) is 1. The fraction of sp³-hybridized carbons (Fsp3) is 0.435. The number of amides is 1. The van der Waals surface area contributed by atoms with Gasteiger partial charge in [-0.3, -0.25) is 4.79 Å². The summed E-state index contributed by atoms with van der Waals surface area (Å²) in [6, 6.07) is 21.1. The Hall–Kier alpha value is -2.13. The predicted molar refractivity (Wildman–Crippen MR) is 103 cm³/mol. The van der Waals surface area contributed by atoms with Crippen LogP contribution >= 0.6 is 0 Å². The molecule has 2 aliphatic heterocycles. The Balaban J connectivity index is 1.47. The number of fused-ring (bicyclic) bond motifs is 2. The minimum atomic E-state index is -0.174. The molecule has 4 rings (SSSR count). The second-order valence-electron chi connectivity index (χ2n) is 7.92. The second-order valence-corrected chi connectivity index (χ2v) is 7.92. The van der Waals surface area contributed by atoms with Crippen molar-refractivity contribution in [2.45, 2.75) is 50.6 Å². The summed E-state index contributed by atoms with van der Waals surface area (Å²) in [6.07, 6.45) is 5.24. The molecule has 1 amide bonds. The molecule has 0 saturated carbocycles. The van der Waals surface area contributed by atoms with E-state index in [4.69, 9.17) is 0 Å². The minimum Gasteiger partial charge on any atom is -0.396 e. The molecule has 136 valence electrons. The fourth-order valence-corrected chi connectivity index (χ4v) is 5.11. The lowest BCUT2D eigenvalue weighted by Gasteiger charge is -2.36. The molecule has 2 aromatic rings. The van der Waals surface area contributed by atoms with Gasteiger partial charge in [-0.1, -0.05) is 60.7 Å². The summed E-state index contributed by atoms with van der Waals surface area (Å²) in [5.41, 5.74) is 2.29. The molecule has 1 N–H and O–H groups in total. The summed E-state index contributed by atoms with van der Waals surface area (Å²) in [7, 11) is 0. The van der Waals surface area contributed by atoms with E-state index in [1.807, 2.05) is 24.3 Å². The smallest absolute Gasteiger partial charge is 0.223 e. The van der Waals surface area contributed by atoms with Gasteiger partial charge in [0.05, 0.1) is 6.61 Å². The van der Waals surface area contributed by atoms with Crippen LogP contribution in [0.3, 0.4) is 0 Å². The fourth-order valence-electron chi connectivity index (χ4n) is 5.11. The highest BCUT2D eigenvalue weighted by molar-refractivity contribution is 5.78. The highest BCUT2D eigenvalue weighted by Crippen LogP contribution is 2.51. The average Bonchev–Trinajstić information content (AvgIpc) is 3.24. The van der Waals surface area contributed by atoms with Gasteiger partial charge in [-0.2, -0.15) is 0 Å². The van der Waals surface area contributed by atoms with E-state index in [0.717, 1.165) is 32.1 Å². The molecule has 2 aromatic carbocycles. The van der Waals surface area contributed by atoms with Crippen molar-refractivity contribution in [1.82, 2.24) is 4.90 Å². The number of hydrogen-bond donors (Lipinski definition) is 1. The zero-order valence-corrected chi connectivity index (χ0v) is 15.2. The van der Waals surface area contributed by atoms with E-state index in [1.165, 1.54) is 11.1 Å². The lowest BCUT2D eigenvalue weighted by atomic mass is 9.70. The lowest BCUT2D eigenvalue weighted by Crippen LogP contribution is -2.44. The SMILES string of the molecule is O=C(CCc1ccccc1)N1[C@H]2CC[C@@H]1[C@@](CO)(Cc1ccccc1)C2. The van der Waals surface area contributed by atoms with E-state index >= 15 is 0 Å². The Morgan fingerprint density at radius 1 is 1.00 bits per heavy atom. The van der Waals surface area contributed by atoms with Crippen molar-refractivity contribution in [3.05, 3.63) is 71.8 Å². The number of carbonyl (C=O) groups excluding carboxylic acids is 1. The first kappa shape index (κ1) is 17.3. The van der Waals surface area contributed by atoms with Crippen LogP contribution in [0.5, 0.6) is 0 Å². The van der Waals surface area contributed by atoms with Gasteiger partial charge in [0.2, 0.25) is 5.91 Å². The highest BCUT2D eigenvalue weighted by atomic mass is 16.3. The van der Waals surface area contributed by atoms with Gasteiger partial charge >= 0.3 is 0 Å². The quantitative estimate of drug-likeness (QED) is 0.865.